The molecule has 1 atom stereocenters. The molecule has 0 fully saturated rings. The molecular weight excluding hydrogens is 293 g/mol. The van der Waals surface area contributed by atoms with E-state index < -0.39 is 36.6 Å². The fourth-order valence-corrected chi connectivity index (χ4v) is 1.82. The summed E-state index contributed by atoms with van der Waals surface area (Å²) in [7, 11) is 0. The van der Waals surface area contributed by atoms with Gasteiger partial charge in [-0.1, -0.05) is 6.07 Å². The van der Waals surface area contributed by atoms with Gasteiger partial charge in [-0.3, -0.25) is 0 Å². The second-order valence-corrected chi connectivity index (χ2v) is 4.40. The molecule has 1 nitrogen and oxygen atoms in total. The Morgan fingerprint density at radius 1 is 1.05 bits per heavy atom. The largest absolute Gasteiger partial charge is 0.403 e. The Morgan fingerprint density at radius 2 is 1.55 bits per heavy atom. The molecule has 0 saturated heterocycles. The topological polar surface area (TPSA) is 20.2 Å². The lowest BCUT2D eigenvalue weighted by atomic mass is 9.93. The fourth-order valence-electron chi connectivity index (χ4n) is 1.82. The molecule has 114 valence electrons. The Bertz CT molecular complexity index is 450. The van der Waals surface area contributed by atoms with Crippen LogP contribution in [0.15, 0.2) is 18.2 Å². The van der Waals surface area contributed by atoms with Crippen LogP contribution in [0.25, 0.3) is 0 Å². The highest BCUT2D eigenvalue weighted by atomic mass is 19.4. The number of benzene rings is 1. The summed E-state index contributed by atoms with van der Waals surface area (Å²) in [6, 6.07) is 3.05. The fraction of sp³-hybridized carbons (Fsp3) is 0.500. The molecule has 20 heavy (non-hydrogen) atoms. The van der Waals surface area contributed by atoms with Crippen LogP contribution < -0.4 is 0 Å². The van der Waals surface area contributed by atoms with Gasteiger partial charge in [0.25, 0.3) is 0 Å². The van der Waals surface area contributed by atoms with Crippen molar-refractivity contribution in [2.45, 2.75) is 31.8 Å². The number of halogens is 7. The molecule has 0 saturated carbocycles. The molecule has 0 aliphatic carbocycles. The van der Waals surface area contributed by atoms with E-state index in [2.05, 4.69) is 0 Å². The number of hydrogen-bond acceptors (Lipinski definition) is 1. The number of rotatable bonds is 3. The maximum Gasteiger partial charge on any atom is 0.403 e. The van der Waals surface area contributed by atoms with E-state index in [9.17, 15) is 35.8 Å². The number of aliphatic hydroxyl groups excluding tert-OH is 1. The van der Waals surface area contributed by atoms with Crippen LogP contribution in [-0.4, -0.2) is 23.6 Å². The van der Waals surface area contributed by atoms with E-state index in [4.69, 9.17) is 0 Å². The number of alkyl halides is 6. The Labute approximate surface area is 110 Å². The molecule has 1 unspecified atom stereocenters. The summed E-state index contributed by atoms with van der Waals surface area (Å²) in [5.41, 5.74) is 0.199. The summed E-state index contributed by atoms with van der Waals surface area (Å²) in [5, 5.41) is 9.29. The number of hydrogen-bond donors (Lipinski definition) is 1. The minimum Gasteiger partial charge on any atom is -0.392 e. The first-order valence-electron chi connectivity index (χ1n) is 5.49. The van der Waals surface area contributed by atoms with Gasteiger partial charge in [0.1, 0.15) is 5.82 Å². The maximum atomic E-state index is 12.9. The predicted octanol–water partition coefficient (Wildman–Crippen LogP) is 3.78. The summed E-state index contributed by atoms with van der Waals surface area (Å²) in [6.45, 7) is 1.40. The molecule has 0 bridgehead atoms. The predicted molar refractivity (Wildman–Crippen MR) is 56.4 cm³/mol. The number of aryl methyl sites for hydroxylation is 1. The minimum atomic E-state index is -5.63. The van der Waals surface area contributed by atoms with Crippen LogP contribution in [0.5, 0.6) is 0 Å². The van der Waals surface area contributed by atoms with Gasteiger partial charge in [0.2, 0.25) is 0 Å². The van der Waals surface area contributed by atoms with Crippen LogP contribution in [0.1, 0.15) is 11.1 Å². The summed E-state index contributed by atoms with van der Waals surface area (Å²) in [4.78, 5) is 0. The zero-order valence-electron chi connectivity index (χ0n) is 10.2. The summed E-state index contributed by atoms with van der Waals surface area (Å²) in [6.07, 6.45) is -14.9. The molecule has 1 aromatic rings. The first-order chi connectivity index (χ1) is 8.93. The van der Waals surface area contributed by atoms with Crippen molar-refractivity contribution in [3.63, 3.8) is 0 Å². The van der Waals surface area contributed by atoms with Crippen molar-refractivity contribution in [2.75, 3.05) is 0 Å². The van der Waals surface area contributed by atoms with Gasteiger partial charge < -0.3 is 5.11 Å². The van der Waals surface area contributed by atoms with Gasteiger partial charge in [-0.25, -0.2) is 4.39 Å². The quantitative estimate of drug-likeness (QED) is 0.843. The molecule has 0 spiro atoms. The van der Waals surface area contributed by atoms with Gasteiger partial charge in [0.05, 0.1) is 6.10 Å². The first kappa shape index (κ1) is 16.7. The first-order valence-corrected chi connectivity index (χ1v) is 5.49. The SMILES string of the molecule is Cc1ccc(F)cc1CC(O)C(C(F)(F)F)C(F)(F)F. The Balaban J connectivity index is 3.03. The van der Waals surface area contributed by atoms with Crippen molar-refractivity contribution in [1.29, 1.82) is 0 Å². The van der Waals surface area contributed by atoms with Crippen molar-refractivity contribution in [3.05, 3.63) is 35.1 Å². The van der Waals surface area contributed by atoms with Crippen LogP contribution in [0.4, 0.5) is 30.7 Å². The van der Waals surface area contributed by atoms with Crippen molar-refractivity contribution in [3.8, 4) is 0 Å². The third-order valence-corrected chi connectivity index (χ3v) is 2.83. The summed E-state index contributed by atoms with van der Waals surface area (Å²) in [5.74, 6) is -4.66. The van der Waals surface area contributed by atoms with Crippen LogP contribution in [-0.2, 0) is 6.42 Å². The Morgan fingerprint density at radius 3 is 2.00 bits per heavy atom. The highest BCUT2D eigenvalue weighted by molar-refractivity contribution is 5.27. The number of aliphatic hydroxyl groups is 1. The molecule has 0 heterocycles. The molecule has 0 aliphatic heterocycles. The molecule has 0 radical (unpaired) electrons. The van der Waals surface area contributed by atoms with Crippen LogP contribution in [0.2, 0.25) is 0 Å². The lowest BCUT2D eigenvalue weighted by Crippen LogP contribution is -2.45. The molecule has 8 heteroatoms. The third-order valence-electron chi connectivity index (χ3n) is 2.83. The van der Waals surface area contributed by atoms with E-state index in [1.165, 1.54) is 13.0 Å². The van der Waals surface area contributed by atoms with E-state index in [-0.39, 0.29) is 5.56 Å². The van der Waals surface area contributed by atoms with E-state index in [0.717, 1.165) is 12.1 Å². The highest BCUT2D eigenvalue weighted by Gasteiger charge is 2.59. The molecule has 0 amide bonds. The summed E-state index contributed by atoms with van der Waals surface area (Å²) >= 11 is 0. The van der Waals surface area contributed by atoms with E-state index >= 15 is 0 Å². The third kappa shape index (κ3) is 4.09. The average Bonchev–Trinajstić information content (AvgIpc) is 2.18. The van der Waals surface area contributed by atoms with Gasteiger partial charge in [0.15, 0.2) is 5.92 Å². The van der Waals surface area contributed by atoms with Crippen molar-refractivity contribution in [1.82, 2.24) is 0 Å². The zero-order valence-corrected chi connectivity index (χ0v) is 10.2. The lowest BCUT2D eigenvalue weighted by molar-refractivity contribution is -0.305. The van der Waals surface area contributed by atoms with Crippen molar-refractivity contribution >= 4 is 0 Å². The molecule has 1 N–H and O–H groups in total. The molecule has 1 aromatic carbocycles. The minimum absolute atomic E-state index is 0.101. The monoisotopic (exact) mass is 304 g/mol. The normalized spacial score (nSPS) is 14.7. The smallest absolute Gasteiger partial charge is 0.392 e. The van der Waals surface area contributed by atoms with Gasteiger partial charge in [-0.05, 0) is 36.6 Å². The second-order valence-electron chi connectivity index (χ2n) is 4.40. The van der Waals surface area contributed by atoms with E-state index in [1.54, 1.807) is 0 Å². The van der Waals surface area contributed by atoms with E-state index in [0.29, 0.717) is 5.56 Å². The van der Waals surface area contributed by atoms with Gasteiger partial charge >= 0.3 is 12.4 Å². The highest BCUT2D eigenvalue weighted by Crippen LogP contribution is 2.42. The molecule has 1 rings (SSSR count). The van der Waals surface area contributed by atoms with Gasteiger partial charge in [0, 0.05) is 0 Å². The maximum absolute atomic E-state index is 12.9. The van der Waals surface area contributed by atoms with E-state index in [1.807, 2.05) is 0 Å². The van der Waals surface area contributed by atoms with Crippen LogP contribution >= 0.6 is 0 Å². The standard InChI is InChI=1S/C12H11F7O/c1-6-2-3-8(13)4-7(6)5-9(20)10(11(14,15)16)12(17,18)19/h2-4,9-10,20H,5H2,1H3. The second kappa shape index (κ2) is 5.59. The van der Waals surface area contributed by atoms with Crippen LogP contribution in [0.3, 0.4) is 0 Å². The summed E-state index contributed by atoms with van der Waals surface area (Å²) < 4.78 is 87.3. The van der Waals surface area contributed by atoms with Crippen LogP contribution in [0, 0.1) is 18.7 Å². The molecular formula is C12H11F7O. The van der Waals surface area contributed by atoms with Gasteiger partial charge in [-0.2, -0.15) is 26.3 Å². The van der Waals surface area contributed by atoms with Crippen molar-refractivity contribution in [2.24, 2.45) is 5.92 Å². The molecule has 0 aliphatic rings. The Hall–Kier alpha value is -1.31. The zero-order chi connectivity index (χ0) is 15.7. The lowest BCUT2D eigenvalue weighted by Gasteiger charge is -2.27. The Kier molecular flexibility index (Phi) is 4.68. The van der Waals surface area contributed by atoms with Gasteiger partial charge in [-0.15, -0.1) is 0 Å². The molecule has 0 aromatic heterocycles. The van der Waals surface area contributed by atoms with Crippen molar-refractivity contribution < 1.29 is 35.8 Å². The average molecular weight is 304 g/mol.